The van der Waals surface area contributed by atoms with Crippen molar-refractivity contribution in [1.29, 1.82) is 0 Å². The standard InChI is InChI=1S/C25H39NO3/c1-2-3-4-5-6-7-8-9-10-11-12-13-14-15-16-20-24(27)26-23-19-17-18-22(21-23)25(28)29/h9-10,17-19,21H,2-8,11-16,20H2,1H3,(H,26,27)(H,28,29). The van der Waals surface area contributed by atoms with Crippen molar-refractivity contribution in [3.63, 3.8) is 0 Å². The Morgan fingerprint density at radius 1 is 0.862 bits per heavy atom. The number of carboxylic acids is 1. The van der Waals surface area contributed by atoms with Crippen LogP contribution in [0, 0.1) is 0 Å². The minimum atomic E-state index is -0.988. The molecule has 0 heterocycles. The Hall–Kier alpha value is -2.10. The van der Waals surface area contributed by atoms with Crippen molar-refractivity contribution in [2.75, 3.05) is 5.32 Å². The van der Waals surface area contributed by atoms with E-state index in [0.717, 1.165) is 25.7 Å². The summed E-state index contributed by atoms with van der Waals surface area (Å²) in [5.41, 5.74) is 0.728. The van der Waals surface area contributed by atoms with E-state index >= 15 is 0 Å². The van der Waals surface area contributed by atoms with Gasteiger partial charge >= 0.3 is 5.97 Å². The van der Waals surface area contributed by atoms with E-state index in [2.05, 4.69) is 24.4 Å². The fourth-order valence-corrected chi connectivity index (χ4v) is 3.31. The quantitative estimate of drug-likeness (QED) is 0.212. The van der Waals surface area contributed by atoms with Gasteiger partial charge in [-0.1, -0.05) is 76.5 Å². The zero-order valence-corrected chi connectivity index (χ0v) is 18.1. The van der Waals surface area contributed by atoms with Crippen LogP contribution >= 0.6 is 0 Å². The molecule has 0 unspecified atom stereocenters. The summed E-state index contributed by atoms with van der Waals surface area (Å²) in [6, 6.07) is 6.35. The number of unbranched alkanes of at least 4 members (excludes halogenated alkanes) is 11. The number of hydrogen-bond donors (Lipinski definition) is 2. The average molecular weight is 402 g/mol. The molecule has 0 aliphatic rings. The fraction of sp³-hybridized carbons (Fsp3) is 0.600. The zero-order chi connectivity index (χ0) is 21.2. The molecular formula is C25H39NO3. The highest BCUT2D eigenvalue weighted by Crippen LogP contribution is 2.13. The van der Waals surface area contributed by atoms with Crippen molar-refractivity contribution in [1.82, 2.24) is 0 Å². The van der Waals surface area contributed by atoms with Crippen molar-refractivity contribution in [3.05, 3.63) is 42.0 Å². The minimum Gasteiger partial charge on any atom is -0.478 e. The first kappa shape index (κ1) is 24.9. The Labute approximate surface area is 176 Å². The van der Waals surface area contributed by atoms with Gasteiger partial charge in [0.1, 0.15) is 0 Å². The SMILES string of the molecule is CCCCCCCCC=CCCCCCCCC(=O)Nc1cccc(C(=O)O)c1. The van der Waals surface area contributed by atoms with Crippen LogP contribution < -0.4 is 5.32 Å². The monoisotopic (exact) mass is 401 g/mol. The number of amides is 1. The smallest absolute Gasteiger partial charge is 0.335 e. The second kappa shape index (κ2) is 16.8. The Morgan fingerprint density at radius 2 is 1.45 bits per heavy atom. The number of carbonyl (C=O) groups excluding carboxylic acids is 1. The molecule has 0 aliphatic heterocycles. The van der Waals surface area contributed by atoms with Crippen LogP contribution in [0.15, 0.2) is 36.4 Å². The van der Waals surface area contributed by atoms with Gasteiger partial charge in [0, 0.05) is 12.1 Å². The van der Waals surface area contributed by atoms with Gasteiger partial charge in [0.2, 0.25) is 5.91 Å². The van der Waals surface area contributed by atoms with Crippen LogP contribution in [0.3, 0.4) is 0 Å². The summed E-state index contributed by atoms with van der Waals surface area (Å²) in [5.74, 6) is -1.04. The topological polar surface area (TPSA) is 66.4 Å². The number of anilines is 1. The minimum absolute atomic E-state index is 0.0508. The van der Waals surface area contributed by atoms with Gasteiger partial charge in [0.25, 0.3) is 0 Å². The summed E-state index contributed by atoms with van der Waals surface area (Å²) in [4.78, 5) is 22.9. The molecule has 0 saturated carbocycles. The predicted octanol–water partition coefficient (Wildman–Crippen LogP) is 7.36. The maximum Gasteiger partial charge on any atom is 0.335 e. The maximum absolute atomic E-state index is 12.0. The number of carbonyl (C=O) groups is 2. The number of rotatable bonds is 17. The van der Waals surface area contributed by atoms with E-state index in [1.165, 1.54) is 69.9 Å². The molecule has 29 heavy (non-hydrogen) atoms. The van der Waals surface area contributed by atoms with Gasteiger partial charge in [-0.2, -0.15) is 0 Å². The molecule has 0 spiro atoms. The lowest BCUT2D eigenvalue weighted by molar-refractivity contribution is -0.116. The Kier molecular flexibility index (Phi) is 14.5. The molecule has 0 atom stereocenters. The first-order valence-electron chi connectivity index (χ1n) is 11.4. The summed E-state index contributed by atoms with van der Waals surface area (Å²) in [6.07, 6.45) is 21.2. The summed E-state index contributed by atoms with van der Waals surface area (Å²) in [6.45, 7) is 2.26. The van der Waals surface area contributed by atoms with Crippen molar-refractivity contribution in [3.8, 4) is 0 Å². The van der Waals surface area contributed by atoms with E-state index < -0.39 is 5.97 Å². The third-order valence-electron chi connectivity index (χ3n) is 5.06. The second-order valence-electron chi connectivity index (χ2n) is 7.77. The van der Waals surface area contributed by atoms with Gasteiger partial charge in [0.15, 0.2) is 0 Å². The van der Waals surface area contributed by atoms with Crippen molar-refractivity contribution in [2.45, 2.75) is 96.8 Å². The first-order valence-corrected chi connectivity index (χ1v) is 11.4. The highest BCUT2D eigenvalue weighted by Gasteiger charge is 2.06. The zero-order valence-electron chi connectivity index (χ0n) is 18.1. The number of carboxylic acid groups (broad SMARTS) is 1. The van der Waals surface area contributed by atoms with E-state index in [1.54, 1.807) is 12.1 Å². The van der Waals surface area contributed by atoms with E-state index in [1.807, 2.05) is 0 Å². The molecule has 1 amide bonds. The van der Waals surface area contributed by atoms with Crippen molar-refractivity contribution in [2.24, 2.45) is 0 Å². The molecule has 2 N–H and O–H groups in total. The second-order valence-corrected chi connectivity index (χ2v) is 7.77. The van der Waals surface area contributed by atoms with Gasteiger partial charge in [-0.05, 0) is 50.3 Å². The Bertz CT molecular complexity index is 610. The lowest BCUT2D eigenvalue weighted by atomic mass is 10.1. The maximum atomic E-state index is 12.0. The van der Waals surface area contributed by atoms with Crippen LogP contribution in [-0.2, 0) is 4.79 Å². The van der Waals surface area contributed by atoms with E-state index in [0.29, 0.717) is 12.1 Å². The molecule has 1 aromatic rings. The molecule has 4 nitrogen and oxygen atoms in total. The summed E-state index contributed by atoms with van der Waals surface area (Å²) >= 11 is 0. The van der Waals surface area contributed by atoms with E-state index in [9.17, 15) is 9.59 Å². The number of allylic oxidation sites excluding steroid dienone is 2. The molecule has 0 aliphatic carbocycles. The molecule has 0 radical (unpaired) electrons. The normalized spacial score (nSPS) is 11.1. The average Bonchev–Trinajstić information content (AvgIpc) is 2.71. The summed E-state index contributed by atoms with van der Waals surface area (Å²) in [7, 11) is 0. The van der Waals surface area contributed by atoms with Gasteiger partial charge in [-0.3, -0.25) is 4.79 Å². The number of nitrogens with one attached hydrogen (secondary N) is 1. The van der Waals surface area contributed by atoms with Crippen molar-refractivity contribution < 1.29 is 14.7 Å². The van der Waals surface area contributed by atoms with Crippen molar-refractivity contribution >= 4 is 17.6 Å². The molecule has 1 aromatic carbocycles. The lowest BCUT2D eigenvalue weighted by Gasteiger charge is -2.06. The van der Waals surface area contributed by atoms with Crippen LogP contribution in [0.1, 0.15) is 107 Å². The highest BCUT2D eigenvalue weighted by atomic mass is 16.4. The van der Waals surface area contributed by atoms with Crippen LogP contribution in [-0.4, -0.2) is 17.0 Å². The van der Waals surface area contributed by atoms with E-state index in [-0.39, 0.29) is 11.5 Å². The summed E-state index contributed by atoms with van der Waals surface area (Å²) in [5, 5.41) is 11.8. The fourth-order valence-electron chi connectivity index (χ4n) is 3.31. The molecule has 0 fully saturated rings. The van der Waals surface area contributed by atoms with Crippen LogP contribution in [0.4, 0.5) is 5.69 Å². The van der Waals surface area contributed by atoms with Gasteiger partial charge in [0.05, 0.1) is 5.56 Å². The number of benzene rings is 1. The third kappa shape index (κ3) is 13.7. The molecule has 0 aromatic heterocycles. The van der Waals surface area contributed by atoms with Gasteiger partial charge < -0.3 is 10.4 Å². The molecule has 0 bridgehead atoms. The Balaban J connectivity index is 1.95. The van der Waals surface area contributed by atoms with Crippen LogP contribution in [0.25, 0.3) is 0 Å². The number of hydrogen-bond acceptors (Lipinski definition) is 2. The van der Waals surface area contributed by atoms with Crippen LogP contribution in [0.2, 0.25) is 0 Å². The highest BCUT2D eigenvalue weighted by molar-refractivity contribution is 5.93. The van der Waals surface area contributed by atoms with Gasteiger partial charge in [-0.15, -0.1) is 0 Å². The van der Waals surface area contributed by atoms with Crippen LogP contribution in [0.5, 0.6) is 0 Å². The molecule has 162 valence electrons. The number of aromatic carboxylic acids is 1. The summed E-state index contributed by atoms with van der Waals surface area (Å²) < 4.78 is 0. The lowest BCUT2D eigenvalue weighted by Crippen LogP contribution is -2.11. The Morgan fingerprint density at radius 3 is 2.07 bits per heavy atom. The molecule has 4 heteroatoms. The third-order valence-corrected chi connectivity index (χ3v) is 5.06. The molecule has 0 saturated heterocycles. The predicted molar refractivity (Wildman–Crippen MR) is 121 cm³/mol. The molecular weight excluding hydrogens is 362 g/mol. The largest absolute Gasteiger partial charge is 0.478 e. The van der Waals surface area contributed by atoms with E-state index in [4.69, 9.17) is 5.11 Å². The van der Waals surface area contributed by atoms with Gasteiger partial charge in [-0.25, -0.2) is 4.79 Å². The first-order chi connectivity index (χ1) is 14.1. The molecule has 1 rings (SSSR count).